The second-order valence-corrected chi connectivity index (χ2v) is 3.58. The number of benzene rings is 1. The Labute approximate surface area is 82.9 Å². The van der Waals surface area contributed by atoms with E-state index in [1.54, 1.807) is 0 Å². The van der Waals surface area contributed by atoms with Crippen molar-refractivity contribution in [3.63, 3.8) is 0 Å². The normalized spacial score (nSPS) is 13.3. The molecule has 0 aliphatic rings. The molecule has 0 aliphatic heterocycles. The van der Waals surface area contributed by atoms with Gasteiger partial charge < -0.3 is 5.73 Å². The summed E-state index contributed by atoms with van der Waals surface area (Å²) in [6, 6.07) is 5.04. The van der Waals surface area contributed by atoms with Gasteiger partial charge in [-0.15, -0.1) is 0 Å². The minimum atomic E-state index is -2.34. The van der Waals surface area contributed by atoms with Crippen LogP contribution in [0.5, 0.6) is 0 Å². The van der Waals surface area contributed by atoms with E-state index in [0.717, 1.165) is 16.7 Å². The molecule has 0 unspecified atom stereocenters. The molecule has 2 N–H and O–H groups in total. The first-order valence-electron chi connectivity index (χ1n) is 4.61. The molecule has 0 radical (unpaired) electrons. The van der Waals surface area contributed by atoms with Gasteiger partial charge in [-0.3, -0.25) is 0 Å². The van der Waals surface area contributed by atoms with E-state index in [9.17, 15) is 8.78 Å². The lowest BCUT2D eigenvalue weighted by atomic mass is 10.00. The maximum atomic E-state index is 12.1. The van der Waals surface area contributed by atoms with Gasteiger partial charge in [0.1, 0.15) is 0 Å². The first kappa shape index (κ1) is 11.1. The molecule has 0 amide bonds. The third-order valence-corrected chi connectivity index (χ3v) is 2.39. The maximum absolute atomic E-state index is 12.1. The van der Waals surface area contributed by atoms with Gasteiger partial charge >= 0.3 is 0 Å². The van der Waals surface area contributed by atoms with Gasteiger partial charge in [0.25, 0.3) is 0 Å². The summed E-state index contributed by atoms with van der Waals surface area (Å²) >= 11 is 0. The topological polar surface area (TPSA) is 26.0 Å². The highest BCUT2D eigenvalue weighted by atomic mass is 19.3. The number of rotatable bonds is 3. The molecule has 0 aromatic heterocycles. The van der Waals surface area contributed by atoms with Gasteiger partial charge in [0.15, 0.2) is 0 Å². The Morgan fingerprint density at radius 3 is 2.36 bits per heavy atom. The summed E-state index contributed by atoms with van der Waals surface area (Å²) in [5.74, 6) is 0. The van der Waals surface area contributed by atoms with Gasteiger partial charge in [-0.2, -0.15) is 0 Å². The van der Waals surface area contributed by atoms with Crippen LogP contribution in [0.4, 0.5) is 8.78 Å². The van der Waals surface area contributed by atoms with E-state index < -0.39 is 12.5 Å². The Kier molecular flexibility index (Phi) is 3.58. The Morgan fingerprint density at radius 2 is 1.86 bits per heavy atom. The highest BCUT2D eigenvalue weighted by molar-refractivity contribution is 5.31. The van der Waals surface area contributed by atoms with E-state index in [4.69, 9.17) is 5.73 Å². The summed E-state index contributed by atoms with van der Waals surface area (Å²) in [5.41, 5.74) is 8.66. The Hall–Kier alpha value is -0.960. The van der Waals surface area contributed by atoms with Crippen LogP contribution in [0.25, 0.3) is 0 Å². The molecule has 0 saturated heterocycles. The molecular formula is C11H15F2N. The zero-order chi connectivity index (χ0) is 10.7. The van der Waals surface area contributed by atoms with Gasteiger partial charge in [0, 0.05) is 12.5 Å². The van der Waals surface area contributed by atoms with E-state index in [0.29, 0.717) is 0 Å². The summed E-state index contributed by atoms with van der Waals surface area (Å²) in [6.07, 6.45) is -2.62. The first-order chi connectivity index (χ1) is 6.50. The Morgan fingerprint density at radius 1 is 1.21 bits per heavy atom. The molecule has 0 saturated carbocycles. The molecule has 3 heteroatoms. The minimum Gasteiger partial charge on any atom is -0.324 e. The molecule has 1 rings (SSSR count). The number of nitrogens with two attached hydrogens (primary N) is 1. The minimum absolute atomic E-state index is 0.275. The zero-order valence-corrected chi connectivity index (χ0v) is 8.43. The van der Waals surface area contributed by atoms with Gasteiger partial charge in [0.2, 0.25) is 6.43 Å². The van der Waals surface area contributed by atoms with Crippen molar-refractivity contribution in [3.05, 3.63) is 34.9 Å². The molecule has 0 aliphatic carbocycles. The predicted octanol–water partition coefficient (Wildman–Crippen LogP) is 2.96. The average Bonchev–Trinajstić information content (AvgIpc) is 2.08. The van der Waals surface area contributed by atoms with Crippen molar-refractivity contribution in [1.29, 1.82) is 0 Å². The standard InChI is InChI=1S/C11H15F2N/c1-7-3-4-9(5-8(7)2)10(14)6-11(12)13/h3-5,10-11H,6,14H2,1-2H3/t10-/m0/s1. The fourth-order valence-electron chi connectivity index (χ4n) is 1.32. The van der Waals surface area contributed by atoms with Crippen LogP contribution in [0.1, 0.15) is 29.2 Å². The van der Waals surface area contributed by atoms with Crippen molar-refractivity contribution in [1.82, 2.24) is 0 Å². The molecule has 14 heavy (non-hydrogen) atoms. The molecule has 0 spiro atoms. The van der Waals surface area contributed by atoms with E-state index >= 15 is 0 Å². The van der Waals surface area contributed by atoms with Crippen molar-refractivity contribution >= 4 is 0 Å². The van der Waals surface area contributed by atoms with Crippen LogP contribution >= 0.6 is 0 Å². The molecule has 1 aromatic carbocycles. The number of hydrogen-bond donors (Lipinski definition) is 1. The van der Waals surface area contributed by atoms with Crippen LogP contribution < -0.4 is 5.73 Å². The molecular weight excluding hydrogens is 184 g/mol. The molecule has 0 bridgehead atoms. The third kappa shape index (κ3) is 2.77. The second-order valence-electron chi connectivity index (χ2n) is 3.58. The number of hydrogen-bond acceptors (Lipinski definition) is 1. The molecule has 78 valence electrons. The predicted molar refractivity (Wildman–Crippen MR) is 53.5 cm³/mol. The molecule has 0 fully saturated rings. The summed E-state index contributed by atoms with van der Waals surface area (Å²) in [4.78, 5) is 0. The molecule has 1 nitrogen and oxygen atoms in total. The lowest BCUT2D eigenvalue weighted by Gasteiger charge is -2.12. The quantitative estimate of drug-likeness (QED) is 0.795. The van der Waals surface area contributed by atoms with Crippen molar-refractivity contribution in [2.24, 2.45) is 5.73 Å². The van der Waals surface area contributed by atoms with Crippen molar-refractivity contribution in [2.45, 2.75) is 32.7 Å². The van der Waals surface area contributed by atoms with Crippen molar-refractivity contribution in [3.8, 4) is 0 Å². The summed E-state index contributed by atoms with van der Waals surface area (Å²) in [7, 11) is 0. The smallest absolute Gasteiger partial charge is 0.240 e. The van der Waals surface area contributed by atoms with Gasteiger partial charge in [-0.1, -0.05) is 18.2 Å². The third-order valence-electron chi connectivity index (χ3n) is 2.39. The molecule has 1 aromatic rings. The SMILES string of the molecule is Cc1ccc([C@@H](N)CC(F)F)cc1C. The monoisotopic (exact) mass is 199 g/mol. The zero-order valence-electron chi connectivity index (χ0n) is 8.43. The van der Waals surface area contributed by atoms with Gasteiger partial charge in [-0.05, 0) is 30.5 Å². The van der Waals surface area contributed by atoms with Crippen molar-refractivity contribution in [2.75, 3.05) is 0 Å². The van der Waals surface area contributed by atoms with Gasteiger partial charge in [0.05, 0.1) is 0 Å². The lowest BCUT2D eigenvalue weighted by Crippen LogP contribution is -2.14. The maximum Gasteiger partial charge on any atom is 0.240 e. The first-order valence-corrected chi connectivity index (χ1v) is 4.61. The fraction of sp³-hybridized carbons (Fsp3) is 0.455. The average molecular weight is 199 g/mol. The van der Waals surface area contributed by atoms with Crippen LogP contribution in [-0.4, -0.2) is 6.43 Å². The molecule has 1 atom stereocenters. The number of aryl methyl sites for hydroxylation is 2. The summed E-state index contributed by atoms with van der Waals surface area (Å²) < 4.78 is 24.1. The van der Waals surface area contributed by atoms with Crippen molar-refractivity contribution < 1.29 is 8.78 Å². The van der Waals surface area contributed by atoms with Crippen LogP contribution in [0.3, 0.4) is 0 Å². The number of halogens is 2. The van der Waals surface area contributed by atoms with E-state index in [-0.39, 0.29) is 6.42 Å². The summed E-state index contributed by atoms with van der Waals surface area (Å²) in [5, 5.41) is 0. The molecule has 0 heterocycles. The van der Waals surface area contributed by atoms with Crippen LogP contribution in [0.15, 0.2) is 18.2 Å². The van der Waals surface area contributed by atoms with Crippen LogP contribution in [-0.2, 0) is 0 Å². The van der Waals surface area contributed by atoms with E-state index in [2.05, 4.69) is 0 Å². The van der Waals surface area contributed by atoms with Crippen LogP contribution in [0, 0.1) is 13.8 Å². The van der Waals surface area contributed by atoms with E-state index in [1.165, 1.54) is 0 Å². The second kappa shape index (κ2) is 4.51. The highest BCUT2D eigenvalue weighted by Crippen LogP contribution is 2.20. The lowest BCUT2D eigenvalue weighted by molar-refractivity contribution is 0.128. The Balaban J connectivity index is 2.80. The largest absolute Gasteiger partial charge is 0.324 e. The van der Waals surface area contributed by atoms with Crippen LogP contribution in [0.2, 0.25) is 0 Å². The fourth-order valence-corrected chi connectivity index (χ4v) is 1.32. The Bertz CT molecular complexity index is 310. The highest BCUT2D eigenvalue weighted by Gasteiger charge is 2.12. The number of alkyl halides is 2. The van der Waals surface area contributed by atoms with E-state index in [1.807, 2.05) is 32.0 Å². The van der Waals surface area contributed by atoms with Gasteiger partial charge in [-0.25, -0.2) is 8.78 Å². The summed E-state index contributed by atoms with van der Waals surface area (Å²) in [6.45, 7) is 3.94.